The minimum atomic E-state index is 0.501. The highest BCUT2D eigenvalue weighted by Crippen LogP contribution is 2.38. The summed E-state index contributed by atoms with van der Waals surface area (Å²) in [5.41, 5.74) is 2.06. The lowest BCUT2D eigenvalue weighted by Crippen LogP contribution is -1.91. The molecule has 3 heteroatoms. The van der Waals surface area contributed by atoms with Crippen molar-refractivity contribution in [2.45, 2.75) is 18.4 Å². The van der Waals surface area contributed by atoms with E-state index >= 15 is 0 Å². The zero-order valence-corrected chi connectivity index (χ0v) is 10.7. The van der Waals surface area contributed by atoms with Crippen LogP contribution in [0.3, 0.4) is 0 Å². The van der Waals surface area contributed by atoms with Gasteiger partial charge in [0.2, 0.25) is 0 Å². The molecule has 0 amide bonds. The van der Waals surface area contributed by atoms with E-state index in [-0.39, 0.29) is 0 Å². The van der Waals surface area contributed by atoms with Crippen LogP contribution in [0.15, 0.2) is 24.3 Å². The zero-order valence-electron chi connectivity index (χ0n) is 9.10. The molecule has 0 bridgehead atoms. The third-order valence-corrected chi connectivity index (χ3v) is 4.61. The molecule has 0 radical (unpaired) electrons. The Hall–Kier alpha value is -0.410. The SMILES string of the molecule is CCSC(SCC)c1ccc(C=O)cc1. The van der Waals surface area contributed by atoms with Gasteiger partial charge >= 0.3 is 0 Å². The third-order valence-electron chi connectivity index (χ3n) is 1.98. The highest BCUT2D eigenvalue weighted by atomic mass is 32.2. The van der Waals surface area contributed by atoms with Crippen molar-refractivity contribution < 1.29 is 4.79 Å². The molecule has 0 aliphatic heterocycles. The van der Waals surface area contributed by atoms with Gasteiger partial charge in [0.15, 0.2) is 0 Å². The van der Waals surface area contributed by atoms with Crippen molar-refractivity contribution >= 4 is 29.8 Å². The molecule has 15 heavy (non-hydrogen) atoms. The Kier molecular flexibility index (Phi) is 5.88. The largest absolute Gasteiger partial charge is 0.298 e. The molecular weight excluding hydrogens is 224 g/mol. The first-order chi connectivity index (χ1) is 7.31. The smallest absolute Gasteiger partial charge is 0.150 e. The van der Waals surface area contributed by atoms with Gasteiger partial charge < -0.3 is 0 Å². The molecule has 82 valence electrons. The van der Waals surface area contributed by atoms with Crippen molar-refractivity contribution in [3.63, 3.8) is 0 Å². The fraction of sp³-hybridized carbons (Fsp3) is 0.417. The van der Waals surface area contributed by atoms with Gasteiger partial charge in [-0.1, -0.05) is 38.1 Å². The lowest BCUT2D eigenvalue weighted by atomic mass is 10.2. The second-order valence-corrected chi connectivity index (χ2v) is 6.09. The Morgan fingerprint density at radius 2 is 1.67 bits per heavy atom. The molecule has 0 N–H and O–H groups in total. The van der Waals surface area contributed by atoms with Crippen LogP contribution < -0.4 is 0 Å². The van der Waals surface area contributed by atoms with Gasteiger partial charge in [0.05, 0.1) is 4.58 Å². The molecule has 0 spiro atoms. The van der Waals surface area contributed by atoms with Crippen molar-refractivity contribution in [2.75, 3.05) is 11.5 Å². The Morgan fingerprint density at radius 3 is 2.07 bits per heavy atom. The molecule has 0 atom stereocenters. The van der Waals surface area contributed by atoms with Gasteiger partial charge in [-0.3, -0.25) is 4.79 Å². The number of carbonyl (C=O) groups is 1. The molecule has 0 aliphatic rings. The summed E-state index contributed by atoms with van der Waals surface area (Å²) in [6.45, 7) is 4.35. The van der Waals surface area contributed by atoms with E-state index in [0.29, 0.717) is 4.58 Å². The Bertz CT molecular complexity index is 289. The predicted molar refractivity (Wildman–Crippen MR) is 70.8 cm³/mol. The van der Waals surface area contributed by atoms with Gasteiger partial charge in [0, 0.05) is 5.56 Å². The lowest BCUT2D eigenvalue weighted by Gasteiger charge is -2.14. The summed E-state index contributed by atoms with van der Waals surface area (Å²) in [5.74, 6) is 2.24. The van der Waals surface area contributed by atoms with Crippen LogP contribution in [0.1, 0.15) is 34.4 Å². The third kappa shape index (κ3) is 3.92. The van der Waals surface area contributed by atoms with Crippen molar-refractivity contribution in [3.05, 3.63) is 35.4 Å². The van der Waals surface area contributed by atoms with E-state index in [9.17, 15) is 4.79 Å². The molecule has 1 nitrogen and oxygen atoms in total. The van der Waals surface area contributed by atoms with E-state index in [2.05, 4.69) is 26.0 Å². The molecular formula is C12H16OS2. The Balaban J connectivity index is 2.76. The molecule has 0 aliphatic carbocycles. The van der Waals surface area contributed by atoms with Crippen molar-refractivity contribution in [2.24, 2.45) is 0 Å². The average molecular weight is 240 g/mol. The van der Waals surface area contributed by atoms with Gasteiger partial charge in [-0.15, -0.1) is 23.5 Å². The minimum Gasteiger partial charge on any atom is -0.298 e. The van der Waals surface area contributed by atoms with E-state index in [0.717, 1.165) is 23.4 Å². The summed E-state index contributed by atoms with van der Waals surface area (Å²) in [4.78, 5) is 10.5. The van der Waals surface area contributed by atoms with E-state index < -0.39 is 0 Å². The van der Waals surface area contributed by atoms with Crippen LogP contribution in [0.25, 0.3) is 0 Å². The van der Waals surface area contributed by atoms with Crippen LogP contribution >= 0.6 is 23.5 Å². The second-order valence-electron chi connectivity index (χ2n) is 3.03. The monoisotopic (exact) mass is 240 g/mol. The van der Waals surface area contributed by atoms with Crippen LogP contribution in [0.2, 0.25) is 0 Å². The molecule has 1 rings (SSSR count). The molecule has 0 saturated carbocycles. The average Bonchev–Trinajstić information content (AvgIpc) is 2.29. The first-order valence-electron chi connectivity index (χ1n) is 5.10. The van der Waals surface area contributed by atoms with Crippen LogP contribution in [0.5, 0.6) is 0 Å². The summed E-state index contributed by atoms with van der Waals surface area (Å²) < 4.78 is 0.501. The number of carbonyl (C=O) groups excluding carboxylic acids is 1. The summed E-state index contributed by atoms with van der Waals surface area (Å²) >= 11 is 3.88. The Labute approximate surface area is 100 Å². The quantitative estimate of drug-likeness (QED) is 0.552. The van der Waals surface area contributed by atoms with E-state index in [1.807, 2.05) is 35.7 Å². The molecule has 0 aromatic heterocycles. The number of rotatable bonds is 6. The fourth-order valence-corrected chi connectivity index (χ4v) is 3.78. The van der Waals surface area contributed by atoms with Crippen molar-refractivity contribution in [3.8, 4) is 0 Å². The zero-order chi connectivity index (χ0) is 11.1. The highest BCUT2D eigenvalue weighted by Gasteiger charge is 2.10. The maximum absolute atomic E-state index is 10.5. The summed E-state index contributed by atoms with van der Waals surface area (Å²) in [6, 6.07) is 7.89. The van der Waals surface area contributed by atoms with Gasteiger partial charge in [0.25, 0.3) is 0 Å². The van der Waals surface area contributed by atoms with Crippen molar-refractivity contribution in [1.29, 1.82) is 0 Å². The standard InChI is InChI=1S/C12H16OS2/c1-3-14-12(15-4-2)11-7-5-10(9-13)6-8-11/h5-9,12H,3-4H2,1-2H3. The first kappa shape index (κ1) is 12.7. The van der Waals surface area contributed by atoms with Gasteiger partial charge in [-0.25, -0.2) is 0 Å². The maximum atomic E-state index is 10.5. The maximum Gasteiger partial charge on any atom is 0.150 e. The summed E-state index contributed by atoms with van der Waals surface area (Å²) in [7, 11) is 0. The predicted octanol–water partition coefficient (Wildman–Crippen LogP) is 4.00. The highest BCUT2D eigenvalue weighted by molar-refractivity contribution is 8.16. The minimum absolute atomic E-state index is 0.501. The molecule has 0 saturated heterocycles. The van der Waals surface area contributed by atoms with Crippen LogP contribution in [-0.4, -0.2) is 17.8 Å². The summed E-state index contributed by atoms with van der Waals surface area (Å²) in [5, 5.41) is 0. The number of hydrogen-bond acceptors (Lipinski definition) is 3. The molecule has 0 heterocycles. The molecule has 1 aromatic rings. The topological polar surface area (TPSA) is 17.1 Å². The van der Waals surface area contributed by atoms with Crippen LogP contribution in [0, 0.1) is 0 Å². The van der Waals surface area contributed by atoms with E-state index in [1.165, 1.54) is 5.56 Å². The number of benzene rings is 1. The number of aldehydes is 1. The van der Waals surface area contributed by atoms with Gasteiger partial charge in [0.1, 0.15) is 6.29 Å². The molecule has 0 unspecified atom stereocenters. The molecule has 0 fully saturated rings. The summed E-state index contributed by atoms with van der Waals surface area (Å²) in [6.07, 6.45) is 0.888. The normalized spacial score (nSPS) is 10.6. The van der Waals surface area contributed by atoms with Gasteiger partial charge in [-0.05, 0) is 17.1 Å². The number of hydrogen-bond donors (Lipinski definition) is 0. The van der Waals surface area contributed by atoms with Gasteiger partial charge in [-0.2, -0.15) is 0 Å². The van der Waals surface area contributed by atoms with Crippen LogP contribution in [0.4, 0.5) is 0 Å². The Morgan fingerprint density at radius 1 is 1.13 bits per heavy atom. The lowest BCUT2D eigenvalue weighted by molar-refractivity contribution is 0.112. The van der Waals surface area contributed by atoms with Crippen LogP contribution in [-0.2, 0) is 0 Å². The van der Waals surface area contributed by atoms with E-state index in [4.69, 9.17) is 0 Å². The van der Waals surface area contributed by atoms with Crippen molar-refractivity contribution in [1.82, 2.24) is 0 Å². The van der Waals surface area contributed by atoms with E-state index in [1.54, 1.807) is 0 Å². The number of thioether (sulfide) groups is 2. The molecule has 1 aromatic carbocycles. The fourth-order valence-electron chi connectivity index (χ4n) is 1.28. The first-order valence-corrected chi connectivity index (χ1v) is 7.19. The second kappa shape index (κ2) is 6.96.